The van der Waals surface area contributed by atoms with Gasteiger partial charge in [-0.1, -0.05) is 22.7 Å². The third kappa shape index (κ3) is 5.97. The maximum absolute atomic E-state index is 15.7. The Morgan fingerprint density at radius 2 is 1.88 bits per heavy atom. The standard InChI is InChI=1S/C30H28F4N6O2/c1-16(31)13-20(17-7-9-19(32)10-8-17)29(42)40(34)24-14-18(11-12-35-24)26-27(38-23-6-4-5-22(33)37-23)25-21(36-26)15-30(2,3)39-28(25)41/h4-12,14,16,20,36H,13,15H2,1-3H3,(H,37,38)(H,39,41). The molecule has 0 saturated heterocycles. The number of aromatic amines is 1. The summed E-state index contributed by atoms with van der Waals surface area (Å²) in [6.45, 7) is 4.97. The van der Waals surface area contributed by atoms with Crippen molar-refractivity contribution >= 4 is 29.1 Å². The van der Waals surface area contributed by atoms with Gasteiger partial charge in [0.2, 0.25) is 5.95 Å². The van der Waals surface area contributed by atoms with E-state index in [1.54, 1.807) is 6.07 Å². The lowest BCUT2D eigenvalue weighted by Gasteiger charge is -2.30. The summed E-state index contributed by atoms with van der Waals surface area (Å²) < 4.78 is 57.0. The summed E-state index contributed by atoms with van der Waals surface area (Å²) in [5.41, 5.74) is 1.56. The van der Waals surface area contributed by atoms with Crippen LogP contribution in [-0.2, 0) is 11.2 Å². The second-order valence-electron chi connectivity index (χ2n) is 10.9. The normalized spacial score (nSPS) is 15.4. The molecule has 4 aromatic rings. The quantitative estimate of drug-likeness (QED) is 0.129. The zero-order chi connectivity index (χ0) is 30.2. The van der Waals surface area contributed by atoms with E-state index in [4.69, 9.17) is 0 Å². The largest absolute Gasteiger partial charge is 0.356 e. The number of carbonyl (C=O) groups is 2. The second-order valence-corrected chi connectivity index (χ2v) is 10.9. The molecule has 4 heterocycles. The van der Waals surface area contributed by atoms with Crippen LogP contribution in [0.1, 0.15) is 54.7 Å². The van der Waals surface area contributed by atoms with Gasteiger partial charge in [0.05, 0.1) is 29.0 Å². The van der Waals surface area contributed by atoms with Crippen LogP contribution in [0.4, 0.5) is 35.0 Å². The first-order valence-electron chi connectivity index (χ1n) is 13.2. The number of pyridine rings is 2. The molecule has 0 spiro atoms. The molecule has 12 heteroatoms. The van der Waals surface area contributed by atoms with Crippen LogP contribution in [0.25, 0.3) is 11.3 Å². The molecule has 5 rings (SSSR count). The van der Waals surface area contributed by atoms with Gasteiger partial charge in [-0.15, -0.1) is 5.12 Å². The number of fused-ring (bicyclic) bond motifs is 1. The van der Waals surface area contributed by atoms with E-state index in [2.05, 4.69) is 25.6 Å². The molecule has 0 fully saturated rings. The number of hydrogen-bond acceptors (Lipinski definition) is 5. The highest BCUT2D eigenvalue weighted by molar-refractivity contribution is 6.06. The van der Waals surface area contributed by atoms with Crippen molar-refractivity contribution in [3.05, 3.63) is 89.4 Å². The Morgan fingerprint density at radius 3 is 2.57 bits per heavy atom. The Labute approximate surface area is 239 Å². The van der Waals surface area contributed by atoms with Crippen LogP contribution in [0.5, 0.6) is 0 Å². The molecular weight excluding hydrogens is 552 g/mol. The predicted molar refractivity (Wildman–Crippen MR) is 150 cm³/mol. The van der Waals surface area contributed by atoms with Gasteiger partial charge >= 0.3 is 0 Å². The third-order valence-corrected chi connectivity index (χ3v) is 6.90. The third-order valence-electron chi connectivity index (χ3n) is 6.90. The minimum absolute atomic E-state index is 0.134. The molecule has 0 radical (unpaired) electrons. The average molecular weight is 581 g/mol. The molecule has 42 heavy (non-hydrogen) atoms. The SMILES string of the molecule is CC(F)CC(C(=O)N(F)c1cc(-c2[nH]c3c(c2Nc2cccc(F)n2)C(=O)NC(C)(C)C3)ccn1)c1ccc(F)cc1. The molecular formula is C30H28F4N6O2. The van der Waals surface area contributed by atoms with E-state index in [0.717, 1.165) is 12.1 Å². The van der Waals surface area contributed by atoms with Crippen LogP contribution in [0.15, 0.2) is 60.8 Å². The first-order chi connectivity index (χ1) is 19.9. The summed E-state index contributed by atoms with van der Waals surface area (Å²) in [4.78, 5) is 37.5. The van der Waals surface area contributed by atoms with E-state index < -0.39 is 35.3 Å². The Hall–Kier alpha value is -4.74. The number of nitrogens with zero attached hydrogens (tertiary/aromatic N) is 3. The molecule has 2 unspecified atom stereocenters. The number of benzene rings is 1. The summed E-state index contributed by atoms with van der Waals surface area (Å²) in [6.07, 6.45) is -0.0508. The molecule has 0 aliphatic carbocycles. The van der Waals surface area contributed by atoms with Crippen LogP contribution in [0.2, 0.25) is 0 Å². The van der Waals surface area contributed by atoms with E-state index in [9.17, 15) is 22.8 Å². The number of H-pyrrole nitrogens is 1. The van der Waals surface area contributed by atoms with Gasteiger partial charge in [0, 0.05) is 29.4 Å². The van der Waals surface area contributed by atoms with Crippen molar-refractivity contribution in [3.8, 4) is 11.3 Å². The van der Waals surface area contributed by atoms with E-state index in [1.807, 2.05) is 13.8 Å². The molecule has 2 atom stereocenters. The lowest BCUT2D eigenvalue weighted by atomic mass is 9.91. The number of rotatable bonds is 8. The number of aromatic nitrogens is 3. The lowest BCUT2D eigenvalue weighted by Crippen LogP contribution is -2.49. The molecule has 0 saturated carbocycles. The van der Waals surface area contributed by atoms with E-state index >= 15 is 4.48 Å². The van der Waals surface area contributed by atoms with Crippen molar-refractivity contribution in [1.29, 1.82) is 0 Å². The summed E-state index contributed by atoms with van der Waals surface area (Å²) >= 11 is 0. The molecule has 1 aliphatic heterocycles. The maximum atomic E-state index is 15.7. The average Bonchev–Trinajstić information content (AvgIpc) is 3.28. The molecule has 8 nitrogen and oxygen atoms in total. The van der Waals surface area contributed by atoms with Crippen molar-refractivity contribution < 1.29 is 27.2 Å². The van der Waals surface area contributed by atoms with Gasteiger partial charge in [-0.25, -0.2) is 18.7 Å². The van der Waals surface area contributed by atoms with Crippen molar-refractivity contribution in [1.82, 2.24) is 20.3 Å². The predicted octanol–water partition coefficient (Wildman–Crippen LogP) is 6.31. The van der Waals surface area contributed by atoms with Gasteiger partial charge in [-0.05, 0) is 69.2 Å². The first kappa shape index (κ1) is 28.8. The zero-order valence-electron chi connectivity index (χ0n) is 23.0. The fourth-order valence-corrected chi connectivity index (χ4v) is 5.07. The molecule has 1 aliphatic rings. The highest BCUT2D eigenvalue weighted by Crippen LogP contribution is 2.39. The van der Waals surface area contributed by atoms with Gasteiger partial charge in [-0.3, -0.25) is 9.59 Å². The molecule has 2 amide bonds. The van der Waals surface area contributed by atoms with Crippen LogP contribution in [0.3, 0.4) is 0 Å². The van der Waals surface area contributed by atoms with Crippen LogP contribution >= 0.6 is 0 Å². The van der Waals surface area contributed by atoms with E-state index in [0.29, 0.717) is 23.4 Å². The minimum atomic E-state index is -1.44. The number of halogens is 4. The summed E-state index contributed by atoms with van der Waals surface area (Å²) in [5, 5.41) is 5.77. The van der Waals surface area contributed by atoms with Gasteiger partial charge < -0.3 is 15.6 Å². The minimum Gasteiger partial charge on any atom is -0.356 e. The van der Waals surface area contributed by atoms with Crippen LogP contribution in [0, 0.1) is 11.8 Å². The number of carbonyl (C=O) groups excluding carboxylic acids is 2. The summed E-state index contributed by atoms with van der Waals surface area (Å²) in [5.74, 6) is -4.22. The maximum Gasteiger partial charge on any atom is 0.264 e. The highest BCUT2D eigenvalue weighted by atomic mass is 19.2. The smallest absolute Gasteiger partial charge is 0.264 e. The monoisotopic (exact) mass is 580 g/mol. The number of anilines is 3. The van der Waals surface area contributed by atoms with Crippen molar-refractivity contribution in [3.63, 3.8) is 0 Å². The lowest BCUT2D eigenvalue weighted by molar-refractivity contribution is -0.123. The molecule has 3 aromatic heterocycles. The van der Waals surface area contributed by atoms with Crippen LogP contribution < -0.4 is 15.8 Å². The Bertz CT molecular complexity index is 1640. The van der Waals surface area contributed by atoms with E-state index in [-0.39, 0.29) is 45.9 Å². The number of alkyl halides is 1. The van der Waals surface area contributed by atoms with E-state index in [1.165, 1.54) is 49.5 Å². The second kappa shape index (κ2) is 11.3. The molecule has 218 valence electrons. The molecule has 0 bridgehead atoms. The molecule has 3 N–H and O–H groups in total. The van der Waals surface area contributed by atoms with Crippen molar-refractivity contribution in [2.45, 2.75) is 51.2 Å². The number of nitrogens with one attached hydrogen (secondary N) is 3. The Kier molecular flexibility index (Phi) is 7.72. The van der Waals surface area contributed by atoms with Gasteiger partial charge in [0.1, 0.15) is 11.6 Å². The summed E-state index contributed by atoms with van der Waals surface area (Å²) in [7, 11) is 0. The summed E-state index contributed by atoms with van der Waals surface area (Å²) in [6, 6.07) is 11.9. The Balaban J connectivity index is 1.54. The fourth-order valence-electron chi connectivity index (χ4n) is 5.07. The van der Waals surface area contributed by atoms with Gasteiger partial charge in [0.25, 0.3) is 11.8 Å². The first-order valence-corrected chi connectivity index (χ1v) is 13.2. The van der Waals surface area contributed by atoms with Crippen LogP contribution in [-0.4, -0.2) is 38.5 Å². The number of amides is 2. The topological polar surface area (TPSA) is 103 Å². The van der Waals surface area contributed by atoms with Gasteiger partial charge in [-0.2, -0.15) is 4.39 Å². The van der Waals surface area contributed by atoms with Crippen molar-refractivity contribution in [2.24, 2.45) is 0 Å². The highest BCUT2D eigenvalue weighted by Gasteiger charge is 2.36. The Morgan fingerprint density at radius 1 is 1.14 bits per heavy atom. The van der Waals surface area contributed by atoms with Crippen molar-refractivity contribution in [2.75, 3.05) is 10.4 Å². The van der Waals surface area contributed by atoms with Gasteiger partial charge in [0.15, 0.2) is 5.82 Å². The number of hydrogen-bond donors (Lipinski definition) is 3. The molecule has 1 aromatic carbocycles. The fraction of sp³-hybridized carbons (Fsp3) is 0.267. The zero-order valence-corrected chi connectivity index (χ0v) is 23.0.